The molecule has 2 N–H and O–H groups in total. The third-order valence-electron chi connectivity index (χ3n) is 4.59. The lowest BCUT2D eigenvalue weighted by molar-refractivity contribution is 0.136. The molecule has 17 heavy (non-hydrogen) atoms. The topological polar surface area (TPSA) is 32.3 Å². The molecule has 2 nitrogen and oxygen atoms in total. The van der Waals surface area contributed by atoms with Gasteiger partial charge in [-0.15, -0.1) is 0 Å². The van der Waals surface area contributed by atoms with Gasteiger partial charge in [0.15, 0.2) is 0 Å². The molecule has 0 amide bonds. The van der Waals surface area contributed by atoms with Crippen LogP contribution >= 0.6 is 0 Å². The molecular formula is C15H31NO. The van der Waals surface area contributed by atoms with Gasteiger partial charge in [-0.3, -0.25) is 0 Å². The molecule has 1 aliphatic carbocycles. The summed E-state index contributed by atoms with van der Waals surface area (Å²) >= 11 is 0. The van der Waals surface area contributed by atoms with E-state index in [0.29, 0.717) is 12.1 Å². The van der Waals surface area contributed by atoms with Crippen molar-refractivity contribution in [1.82, 2.24) is 5.32 Å². The first-order chi connectivity index (χ1) is 7.86. The van der Waals surface area contributed by atoms with Gasteiger partial charge < -0.3 is 10.4 Å². The summed E-state index contributed by atoms with van der Waals surface area (Å²) in [5, 5.41) is 13.0. The van der Waals surface area contributed by atoms with E-state index in [1.54, 1.807) is 0 Å². The SMILES string of the molecule is C[C@@H]1[C@H](C)CCC[C@@H]1N[C@H](CCO)C(C)(C)C. The molecular weight excluding hydrogens is 210 g/mol. The minimum absolute atomic E-state index is 0.225. The van der Waals surface area contributed by atoms with Crippen LogP contribution in [0.25, 0.3) is 0 Å². The Kier molecular flexibility index (Phi) is 5.46. The average molecular weight is 241 g/mol. The molecule has 1 saturated carbocycles. The van der Waals surface area contributed by atoms with Gasteiger partial charge in [0.05, 0.1) is 0 Å². The summed E-state index contributed by atoms with van der Waals surface area (Å²) in [4.78, 5) is 0. The quantitative estimate of drug-likeness (QED) is 0.792. The van der Waals surface area contributed by atoms with Crippen LogP contribution in [0, 0.1) is 17.3 Å². The monoisotopic (exact) mass is 241 g/mol. The van der Waals surface area contributed by atoms with Crippen molar-refractivity contribution in [3.05, 3.63) is 0 Å². The van der Waals surface area contributed by atoms with E-state index in [9.17, 15) is 5.11 Å². The van der Waals surface area contributed by atoms with Crippen molar-refractivity contribution in [2.24, 2.45) is 17.3 Å². The number of hydrogen-bond donors (Lipinski definition) is 2. The second kappa shape index (κ2) is 6.19. The highest BCUT2D eigenvalue weighted by molar-refractivity contribution is 4.88. The molecule has 2 heteroatoms. The van der Waals surface area contributed by atoms with E-state index in [1.807, 2.05) is 0 Å². The first-order valence-corrected chi connectivity index (χ1v) is 7.23. The van der Waals surface area contributed by atoms with Crippen molar-refractivity contribution >= 4 is 0 Å². The van der Waals surface area contributed by atoms with Gasteiger partial charge >= 0.3 is 0 Å². The first-order valence-electron chi connectivity index (χ1n) is 7.23. The maximum atomic E-state index is 9.21. The van der Waals surface area contributed by atoms with Crippen LogP contribution in [0.15, 0.2) is 0 Å². The molecule has 0 aromatic carbocycles. The van der Waals surface area contributed by atoms with Crippen molar-refractivity contribution in [3.8, 4) is 0 Å². The fourth-order valence-electron chi connectivity index (χ4n) is 2.97. The second-order valence-corrected chi connectivity index (χ2v) is 6.97. The standard InChI is InChI=1S/C15H31NO/c1-11-7-6-8-13(12(11)2)16-14(9-10-17)15(3,4)5/h11-14,16-17H,6-10H2,1-5H3/t11-,12-,13+,14-/m1/s1. The molecule has 0 radical (unpaired) electrons. The summed E-state index contributed by atoms with van der Waals surface area (Å²) in [5.74, 6) is 1.59. The lowest BCUT2D eigenvalue weighted by Crippen LogP contribution is -2.50. The third kappa shape index (κ3) is 4.26. The molecule has 1 aliphatic rings. The molecule has 0 aliphatic heterocycles. The van der Waals surface area contributed by atoms with E-state index in [1.165, 1.54) is 19.3 Å². The Morgan fingerprint density at radius 2 is 1.88 bits per heavy atom. The maximum Gasteiger partial charge on any atom is 0.0446 e. The molecule has 0 aromatic rings. The third-order valence-corrected chi connectivity index (χ3v) is 4.59. The Balaban J connectivity index is 2.60. The van der Waals surface area contributed by atoms with Crippen LogP contribution in [-0.4, -0.2) is 23.8 Å². The highest BCUT2D eigenvalue weighted by atomic mass is 16.3. The van der Waals surface area contributed by atoms with E-state index in [2.05, 4.69) is 39.9 Å². The molecule has 0 spiro atoms. The molecule has 0 saturated heterocycles. The Morgan fingerprint density at radius 3 is 2.41 bits per heavy atom. The molecule has 1 rings (SSSR count). The zero-order valence-corrected chi connectivity index (χ0v) is 12.3. The largest absolute Gasteiger partial charge is 0.396 e. The summed E-state index contributed by atoms with van der Waals surface area (Å²) in [6.45, 7) is 11.8. The number of hydrogen-bond acceptors (Lipinski definition) is 2. The van der Waals surface area contributed by atoms with Crippen LogP contribution in [0.1, 0.15) is 60.3 Å². The van der Waals surface area contributed by atoms with Gasteiger partial charge in [0.2, 0.25) is 0 Å². The van der Waals surface area contributed by atoms with Crippen LogP contribution in [0.4, 0.5) is 0 Å². The first kappa shape index (κ1) is 15.0. The normalized spacial score (nSPS) is 32.5. The minimum atomic E-state index is 0.225. The highest BCUT2D eigenvalue weighted by Gasteiger charge is 2.32. The predicted octanol–water partition coefficient (Wildman–Crippen LogP) is 3.20. The van der Waals surface area contributed by atoms with Gasteiger partial charge in [-0.25, -0.2) is 0 Å². The Labute approximate surface area is 107 Å². The number of rotatable bonds is 4. The van der Waals surface area contributed by atoms with Crippen molar-refractivity contribution in [1.29, 1.82) is 0 Å². The van der Waals surface area contributed by atoms with E-state index in [-0.39, 0.29) is 12.0 Å². The fourth-order valence-corrected chi connectivity index (χ4v) is 2.97. The summed E-state index contributed by atoms with van der Waals surface area (Å²) in [7, 11) is 0. The molecule has 0 heterocycles. The number of nitrogens with one attached hydrogen (secondary N) is 1. The molecule has 0 bridgehead atoms. The van der Waals surface area contributed by atoms with Crippen LogP contribution in [0.5, 0.6) is 0 Å². The lowest BCUT2D eigenvalue weighted by Gasteiger charge is -2.41. The number of aliphatic hydroxyl groups excluding tert-OH is 1. The van der Waals surface area contributed by atoms with Gasteiger partial charge in [0.1, 0.15) is 0 Å². The molecule has 4 atom stereocenters. The summed E-state index contributed by atoms with van der Waals surface area (Å²) in [6, 6.07) is 1.06. The second-order valence-electron chi connectivity index (χ2n) is 6.97. The molecule has 0 aromatic heterocycles. The Hall–Kier alpha value is -0.0800. The van der Waals surface area contributed by atoms with Gasteiger partial charge in [-0.05, 0) is 30.1 Å². The van der Waals surface area contributed by atoms with Gasteiger partial charge in [-0.1, -0.05) is 47.5 Å². The molecule has 0 unspecified atom stereocenters. The highest BCUT2D eigenvalue weighted by Crippen LogP contribution is 2.31. The molecule has 1 fully saturated rings. The van der Waals surface area contributed by atoms with Crippen LogP contribution in [0.2, 0.25) is 0 Å². The zero-order valence-electron chi connectivity index (χ0n) is 12.3. The number of aliphatic hydroxyl groups is 1. The maximum absolute atomic E-state index is 9.21. The van der Waals surface area contributed by atoms with Gasteiger partial charge in [0, 0.05) is 18.7 Å². The predicted molar refractivity (Wildman–Crippen MR) is 74.0 cm³/mol. The van der Waals surface area contributed by atoms with Gasteiger partial charge in [0.25, 0.3) is 0 Å². The van der Waals surface area contributed by atoms with Crippen molar-refractivity contribution in [2.45, 2.75) is 72.4 Å². The van der Waals surface area contributed by atoms with E-state index >= 15 is 0 Å². The van der Waals surface area contributed by atoms with Crippen molar-refractivity contribution in [2.75, 3.05) is 6.61 Å². The van der Waals surface area contributed by atoms with Crippen molar-refractivity contribution in [3.63, 3.8) is 0 Å². The molecule has 102 valence electrons. The summed E-state index contributed by atoms with van der Waals surface area (Å²) in [5.41, 5.74) is 0.225. The Bertz CT molecular complexity index is 221. The van der Waals surface area contributed by atoms with Crippen LogP contribution in [-0.2, 0) is 0 Å². The van der Waals surface area contributed by atoms with Crippen LogP contribution in [0.3, 0.4) is 0 Å². The smallest absolute Gasteiger partial charge is 0.0446 e. The van der Waals surface area contributed by atoms with E-state index < -0.39 is 0 Å². The zero-order chi connectivity index (χ0) is 13.1. The van der Waals surface area contributed by atoms with E-state index in [4.69, 9.17) is 0 Å². The minimum Gasteiger partial charge on any atom is -0.396 e. The average Bonchev–Trinajstić information content (AvgIpc) is 2.22. The van der Waals surface area contributed by atoms with Crippen LogP contribution < -0.4 is 5.32 Å². The summed E-state index contributed by atoms with van der Waals surface area (Å²) in [6.07, 6.45) is 4.88. The fraction of sp³-hybridized carbons (Fsp3) is 1.00. The lowest BCUT2D eigenvalue weighted by atomic mass is 9.76. The van der Waals surface area contributed by atoms with Crippen molar-refractivity contribution < 1.29 is 5.11 Å². The van der Waals surface area contributed by atoms with Gasteiger partial charge in [-0.2, -0.15) is 0 Å². The summed E-state index contributed by atoms with van der Waals surface area (Å²) < 4.78 is 0. The van der Waals surface area contributed by atoms with E-state index in [0.717, 1.165) is 18.3 Å². The Morgan fingerprint density at radius 1 is 1.24 bits per heavy atom.